The highest BCUT2D eigenvalue weighted by Crippen LogP contribution is 2.39. The molecule has 1 atom stereocenters. The Bertz CT molecular complexity index is 419. The Morgan fingerprint density at radius 2 is 2.38 bits per heavy atom. The summed E-state index contributed by atoms with van der Waals surface area (Å²) in [6.45, 7) is 3.83. The highest BCUT2D eigenvalue weighted by molar-refractivity contribution is 9.10. The second kappa shape index (κ2) is 4.45. The molecule has 4 heteroatoms. The van der Waals surface area contributed by atoms with Crippen molar-refractivity contribution in [2.45, 2.75) is 19.3 Å². The van der Waals surface area contributed by atoms with E-state index in [2.05, 4.69) is 33.8 Å². The van der Waals surface area contributed by atoms with Gasteiger partial charge in [0.25, 0.3) is 0 Å². The maximum absolute atomic E-state index is 10.8. The molecule has 86 valence electrons. The monoisotopic (exact) mass is 283 g/mol. The average molecular weight is 284 g/mol. The van der Waals surface area contributed by atoms with Gasteiger partial charge in [-0.15, -0.1) is 0 Å². The van der Waals surface area contributed by atoms with Crippen molar-refractivity contribution in [2.75, 3.05) is 18.0 Å². The minimum absolute atomic E-state index is 0.116. The Morgan fingerprint density at radius 3 is 3.00 bits per heavy atom. The largest absolute Gasteiger partial charge is 0.481 e. The number of hydrogen-bond donors (Lipinski definition) is 1. The molecule has 1 aromatic rings. The third-order valence-electron chi connectivity index (χ3n) is 3.01. The average Bonchev–Trinajstić information content (AvgIpc) is 2.55. The molecule has 0 aromatic heterocycles. The number of rotatable bonds is 3. The Hall–Kier alpha value is -1.03. The van der Waals surface area contributed by atoms with Gasteiger partial charge in [0, 0.05) is 29.2 Å². The Kier molecular flexibility index (Phi) is 3.19. The smallest absolute Gasteiger partial charge is 0.304 e. The van der Waals surface area contributed by atoms with Crippen LogP contribution in [0.5, 0.6) is 0 Å². The van der Waals surface area contributed by atoms with E-state index in [1.807, 2.05) is 12.1 Å². The molecule has 0 bridgehead atoms. The molecule has 0 aliphatic carbocycles. The zero-order valence-corrected chi connectivity index (χ0v) is 10.7. The number of hydrogen-bond acceptors (Lipinski definition) is 2. The van der Waals surface area contributed by atoms with E-state index in [1.54, 1.807) is 0 Å². The summed E-state index contributed by atoms with van der Waals surface area (Å²) in [6, 6.07) is 6.11. The van der Waals surface area contributed by atoms with Gasteiger partial charge in [-0.3, -0.25) is 4.79 Å². The molecular weight excluding hydrogens is 270 g/mol. The number of fused-ring (bicyclic) bond motifs is 1. The first kappa shape index (κ1) is 11.5. The summed E-state index contributed by atoms with van der Waals surface area (Å²) in [5.41, 5.74) is 2.33. The van der Waals surface area contributed by atoms with Gasteiger partial charge in [0.15, 0.2) is 0 Å². The van der Waals surface area contributed by atoms with Gasteiger partial charge in [0.2, 0.25) is 0 Å². The van der Waals surface area contributed by atoms with Crippen LogP contribution in [0.15, 0.2) is 22.7 Å². The van der Waals surface area contributed by atoms with Crippen LogP contribution in [-0.2, 0) is 4.79 Å². The molecule has 1 unspecified atom stereocenters. The summed E-state index contributed by atoms with van der Waals surface area (Å²) >= 11 is 3.43. The molecule has 1 aliphatic heterocycles. The Balaban J connectivity index is 2.35. The van der Waals surface area contributed by atoms with Crippen molar-refractivity contribution in [2.24, 2.45) is 0 Å². The third-order valence-corrected chi connectivity index (χ3v) is 3.51. The minimum atomic E-state index is -0.728. The van der Waals surface area contributed by atoms with Crippen molar-refractivity contribution < 1.29 is 9.90 Å². The number of aliphatic carboxylic acids is 1. The van der Waals surface area contributed by atoms with Gasteiger partial charge in [-0.25, -0.2) is 0 Å². The zero-order chi connectivity index (χ0) is 11.7. The van der Waals surface area contributed by atoms with Gasteiger partial charge >= 0.3 is 5.97 Å². The van der Waals surface area contributed by atoms with Crippen molar-refractivity contribution in [3.63, 3.8) is 0 Å². The molecule has 3 nitrogen and oxygen atoms in total. The van der Waals surface area contributed by atoms with Crippen LogP contribution in [0.4, 0.5) is 5.69 Å². The molecule has 0 saturated carbocycles. The Labute approximate surface area is 103 Å². The van der Waals surface area contributed by atoms with Crippen LogP contribution in [-0.4, -0.2) is 24.2 Å². The van der Waals surface area contributed by atoms with Crippen LogP contribution < -0.4 is 4.90 Å². The molecule has 1 aliphatic rings. The van der Waals surface area contributed by atoms with E-state index in [0.717, 1.165) is 23.1 Å². The fraction of sp³-hybridized carbons (Fsp3) is 0.417. The number of likely N-dealkylation sites (N-methyl/N-ethyl adjacent to an activating group) is 1. The molecule has 2 rings (SSSR count). The molecular formula is C12H14BrNO2. The van der Waals surface area contributed by atoms with Crippen LogP contribution in [0, 0.1) is 0 Å². The normalized spacial score (nSPS) is 18.6. The van der Waals surface area contributed by atoms with Crippen molar-refractivity contribution in [1.82, 2.24) is 0 Å². The van der Waals surface area contributed by atoms with Gasteiger partial charge in [-0.1, -0.05) is 15.9 Å². The zero-order valence-electron chi connectivity index (χ0n) is 9.11. The SMILES string of the molecule is CCN1CC(CC(=O)O)c2cc(Br)ccc21. The van der Waals surface area contributed by atoms with E-state index < -0.39 is 5.97 Å². The highest BCUT2D eigenvalue weighted by atomic mass is 79.9. The van der Waals surface area contributed by atoms with Crippen LogP contribution >= 0.6 is 15.9 Å². The second-order valence-electron chi connectivity index (χ2n) is 4.04. The summed E-state index contributed by atoms with van der Waals surface area (Å²) in [5, 5.41) is 8.90. The molecule has 0 saturated heterocycles. The first-order valence-corrected chi connectivity index (χ1v) is 6.17. The van der Waals surface area contributed by atoms with Crippen molar-refractivity contribution in [3.05, 3.63) is 28.2 Å². The van der Waals surface area contributed by atoms with Crippen molar-refractivity contribution >= 4 is 27.6 Å². The number of carboxylic acids is 1. The third kappa shape index (κ3) is 2.07. The van der Waals surface area contributed by atoms with E-state index in [-0.39, 0.29) is 12.3 Å². The summed E-state index contributed by atoms with van der Waals surface area (Å²) in [5.74, 6) is -0.612. The predicted molar refractivity (Wildman–Crippen MR) is 67.0 cm³/mol. The quantitative estimate of drug-likeness (QED) is 0.927. The summed E-state index contributed by atoms with van der Waals surface area (Å²) in [6.07, 6.45) is 0.208. The first-order valence-electron chi connectivity index (χ1n) is 5.38. The number of anilines is 1. The van der Waals surface area contributed by atoms with Gasteiger partial charge in [-0.2, -0.15) is 0 Å². The maximum Gasteiger partial charge on any atom is 0.304 e. The molecule has 0 spiro atoms. The number of halogens is 1. The predicted octanol–water partition coefficient (Wildman–Crippen LogP) is 2.85. The van der Waals surface area contributed by atoms with Crippen LogP contribution in [0.3, 0.4) is 0 Å². The van der Waals surface area contributed by atoms with Crippen molar-refractivity contribution in [1.29, 1.82) is 0 Å². The molecule has 1 aromatic carbocycles. The fourth-order valence-corrected chi connectivity index (χ4v) is 2.67. The second-order valence-corrected chi connectivity index (χ2v) is 4.95. The molecule has 1 heterocycles. The lowest BCUT2D eigenvalue weighted by atomic mass is 9.98. The Morgan fingerprint density at radius 1 is 1.62 bits per heavy atom. The lowest BCUT2D eigenvalue weighted by Gasteiger charge is -2.16. The van der Waals surface area contributed by atoms with Gasteiger partial charge < -0.3 is 10.0 Å². The van der Waals surface area contributed by atoms with Gasteiger partial charge in [-0.05, 0) is 30.7 Å². The topological polar surface area (TPSA) is 40.5 Å². The summed E-state index contributed by atoms with van der Waals surface area (Å²) in [4.78, 5) is 13.0. The van der Waals surface area contributed by atoms with Gasteiger partial charge in [0.1, 0.15) is 0 Å². The van der Waals surface area contributed by atoms with Crippen LogP contribution in [0.2, 0.25) is 0 Å². The number of benzene rings is 1. The summed E-state index contributed by atoms with van der Waals surface area (Å²) in [7, 11) is 0. The molecule has 16 heavy (non-hydrogen) atoms. The number of carbonyl (C=O) groups is 1. The van der Waals surface area contributed by atoms with E-state index in [0.29, 0.717) is 0 Å². The number of nitrogens with zero attached hydrogens (tertiary/aromatic N) is 1. The van der Waals surface area contributed by atoms with Crippen LogP contribution in [0.1, 0.15) is 24.8 Å². The highest BCUT2D eigenvalue weighted by Gasteiger charge is 2.29. The minimum Gasteiger partial charge on any atom is -0.481 e. The van der Waals surface area contributed by atoms with E-state index in [1.165, 1.54) is 5.69 Å². The maximum atomic E-state index is 10.8. The summed E-state index contributed by atoms with van der Waals surface area (Å²) < 4.78 is 1.01. The first-order chi connectivity index (χ1) is 7.61. The fourth-order valence-electron chi connectivity index (χ4n) is 2.29. The van der Waals surface area contributed by atoms with E-state index in [4.69, 9.17) is 5.11 Å². The molecule has 0 radical (unpaired) electrons. The molecule has 0 amide bonds. The van der Waals surface area contributed by atoms with Crippen LogP contribution in [0.25, 0.3) is 0 Å². The van der Waals surface area contributed by atoms with E-state index in [9.17, 15) is 4.79 Å². The van der Waals surface area contributed by atoms with Gasteiger partial charge in [0.05, 0.1) is 6.42 Å². The standard InChI is InChI=1S/C12H14BrNO2/c1-2-14-7-8(5-12(15)16)10-6-9(13)3-4-11(10)14/h3-4,6,8H,2,5,7H2,1H3,(H,15,16). The number of carboxylic acid groups (broad SMARTS) is 1. The lowest BCUT2D eigenvalue weighted by Crippen LogP contribution is -2.21. The van der Waals surface area contributed by atoms with E-state index >= 15 is 0 Å². The lowest BCUT2D eigenvalue weighted by molar-refractivity contribution is -0.137. The van der Waals surface area contributed by atoms with Crippen molar-refractivity contribution in [3.8, 4) is 0 Å². The molecule has 0 fully saturated rings. The molecule has 1 N–H and O–H groups in total.